The summed E-state index contributed by atoms with van der Waals surface area (Å²) in [6, 6.07) is 13.4. The lowest BCUT2D eigenvalue weighted by Crippen LogP contribution is -2.51. The van der Waals surface area contributed by atoms with Gasteiger partial charge in [-0.1, -0.05) is 18.2 Å². The SMILES string of the molecule is COCC12CCN(C(=O)Cc3c[nH]c4ccccc34)CC1CN(c1ccc(C#N)c(C(F)(F)F)c1)C2. The van der Waals surface area contributed by atoms with E-state index in [9.17, 15) is 18.0 Å². The number of carbonyl (C=O) groups excluding carboxylic acids is 1. The molecule has 3 heterocycles. The Hall–Kier alpha value is -3.51. The average molecular weight is 497 g/mol. The van der Waals surface area contributed by atoms with Crippen LogP contribution in [0.15, 0.2) is 48.7 Å². The normalized spacial score (nSPS) is 22.0. The Balaban J connectivity index is 1.35. The number of hydrogen-bond donors (Lipinski definition) is 1. The lowest BCUT2D eigenvalue weighted by Gasteiger charge is -2.43. The van der Waals surface area contributed by atoms with E-state index in [-0.39, 0.29) is 22.8 Å². The highest BCUT2D eigenvalue weighted by atomic mass is 19.4. The second-order valence-electron chi connectivity index (χ2n) is 9.84. The second-order valence-corrected chi connectivity index (χ2v) is 9.84. The van der Waals surface area contributed by atoms with Gasteiger partial charge in [0.05, 0.1) is 30.2 Å². The van der Waals surface area contributed by atoms with E-state index in [4.69, 9.17) is 10.00 Å². The van der Waals surface area contributed by atoms with Crippen LogP contribution in [-0.2, 0) is 22.1 Å². The van der Waals surface area contributed by atoms with Crippen LogP contribution >= 0.6 is 0 Å². The van der Waals surface area contributed by atoms with Crippen molar-refractivity contribution in [1.82, 2.24) is 9.88 Å². The van der Waals surface area contributed by atoms with Crippen LogP contribution in [0, 0.1) is 22.7 Å². The molecule has 188 valence electrons. The smallest absolute Gasteiger partial charge is 0.384 e. The number of hydrogen-bond acceptors (Lipinski definition) is 4. The number of aromatic nitrogens is 1. The molecule has 2 unspecified atom stereocenters. The van der Waals surface area contributed by atoms with Crippen LogP contribution in [0.4, 0.5) is 18.9 Å². The predicted molar refractivity (Wildman–Crippen MR) is 129 cm³/mol. The van der Waals surface area contributed by atoms with Gasteiger partial charge in [0.15, 0.2) is 0 Å². The van der Waals surface area contributed by atoms with Crippen molar-refractivity contribution in [1.29, 1.82) is 5.26 Å². The molecule has 2 fully saturated rings. The van der Waals surface area contributed by atoms with Crippen molar-refractivity contribution >= 4 is 22.5 Å². The van der Waals surface area contributed by atoms with Crippen LogP contribution in [0.2, 0.25) is 0 Å². The summed E-state index contributed by atoms with van der Waals surface area (Å²) in [7, 11) is 1.63. The Kier molecular flexibility index (Phi) is 6.17. The monoisotopic (exact) mass is 496 g/mol. The Labute approximate surface area is 207 Å². The fourth-order valence-corrected chi connectivity index (χ4v) is 5.84. The number of halogens is 3. The Bertz CT molecular complexity index is 1330. The third-order valence-electron chi connectivity index (χ3n) is 7.73. The number of para-hydroxylation sites is 1. The van der Waals surface area contributed by atoms with E-state index in [1.54, 1.807) is 19.2 Å². The third kappa shape index (κ3) is 4.30. The summed E-state index contributed by atoms with van der Waals surface area (Å²) >= 11 is 0. The molecule has 2 aromatic carbocycles. The molecule has 0 aliphatic carbocycles. The number of benzene rings is 2. The molecule has 3 aromatic rings. The molecule has 0 spiro atoms. The topological polar surface area (TPSA) is 72.4 Å². The van der Waals surface area contributed by atoms with Crippen molar-refractivity contribution in [2.75, 3.05) is 44.8 Å². The molecule has 5 rings (SSSR count). The van der Waals surface area contributed by atoms with Gasteiger partial charge in [0.25, 0.3) is 0 Å². The molecule has 2 aliphatic rings. The Morgan fingerprint density at radius 3 is 2.81 bits per heavy atom. The molecule has 1 amide bonds. The summed E-state index contributed by atoms with van der Waals surface area (Å²) in [5.74, 6) is 0.102. The van der Waals surface area contributed by atoms with Crippen molar-refractivity contribution in [2.24, 2.45) is 11.3 Å². The van der Waals surface area contributed by atoms with E-state index < -0.39 is 11.7 Å². The van der Waals surface area contributed by atoms with E-state index in [0.29, 0.717) is 51.3 Å². The highest BCUT2D eigenvalue weighted by molar-refractivity contribution is 5.89. The third-order valence-corrected chi connectivity index (χ3v) is 7.73. The van der Waals surface area contributed by atoms with Crippen LogP contribution in [0.5, 0.6) is 0 Å². The molecule has 6 nitrogen and oxygen atoms in total. The summed E-state index contributed by atoms with van der Waals surface area (Å²) in [5.41, 5.74) is 0.818. The van der Waals surface area contributed by atoms with Gasteiger partial charge in [-0.3, -0.25) is 4.79 Å². The summed E-state index contributed by atoms with van der Waals surface area (Å²) in [4.78, 5) is 20.3. The highest BCUT2D eigenvalue weighted by Gasteiger charge is 2.50. The fourth-order valence-electron chi connectivity index (χ4n) is 5.84. The first-order valence-electron chi connectivity index (χ1n) is 11.9. The number of piperidine rings is 1. The summed E-state index contributed by atoms with van der Waals surface area (Å²) in [5, 5.41) is 10.2. The average Bonchev–Trinajstić information content (AvgIpc) is 3.44. The van der Waals surface area contributed by atoms with Crippen molar-refractivity contribution in [3.05, 3.63) is 65.4 Å². The van der Waals surface area contributed by atoms with E-state index in [2.05, 4.69) is 4.98 Å². The van der Waals surface area contributed by atoms with Crippen molar-refractivity contribution < 1.29 is 22.7 Å². The highest BCUT2D eigenvalue weighted by Crippen LogP contribution is 2.45. The van der Waals surface area contributed by atoms with Crippen LogP contribution in [0.1, 0.15) is 23.1 Å². The number of rotatable bonds is 5. The number of aromatic amines is 1. The van der Waals surface area contributed by atoms with E-state index in [0.717, 1.165) is 22.5 Å². The number of anilines is 1. The number of nitriles is 1. The Morgan fingerprint density at radius 1 is 1.25 bits per heavy atom. The number of alkyl halides is 3. The zero-order chi connectivity index (χ0) is 25.5. The van der Waals surface area contributed by atoms with Gasteiger partial charge in [0.1, 0.15) is 0 Å². The molecular formula is C27H27F3N4O2. The largest absolute Gasteiger partial charge is 0.417 e. The van der Waals surface area contributed by atoms with Crippen LogP contribution in [-0.4, -0.2) is 55.7 Å². The van der Waals surface area contributed by atoms with Gasteiger partial charge >= 0.3 is 6.18 Å². The molecule has 9 heteroatoms. The first kappa shape index (κ1) is 24.2. The van der Waals surface area contributed by atoms with Crippen molar-refractivity contribution in [3.63, 3.8) is 0 Å². The molecule has 0 bridgehead atoms. The molecule has 2 atom stereocenters. The lowest BCUT2D eigenvalue weighted by molar-refractivity contribution is -0.138. The first-order chi connectivity index (χ1) is 17.2. The van der Waals surface area contributed by atoms with E-state index in [1.807, 2.05) is 40.3 Å². The summed E-state index contributed by atoms with van der Waals surface area (Å²) in [6.45, 7) is 2.64. The molecule has 36 heavy (non-hydrogen) atoms. The van der Waals surface area contributed by atoms with Gasteiger partial charge < -0.3 is 19.5 Å². The number of H-pyrrole nitrogens is 1. The zero-order valence-corrected chi connectivity index (χ0v) is 19.9. The standard InChI is InChI=1S/C27H27F3N4O2/c1-36-17-26-8-9-33(25(35)10-19-13-32-24-5-3-2-4-22(19)24)14-20(26)15-34(16-26)21-7-6-18(12-31)23(11-21)27(28,29)30/h2-7,11,13,20,32H,8-10,14-17H2,1H3. The maximum absolute atomic E-state index is 13.6. The number of ether oxygens (including phenoxy) is 1. The van der Waals surface area contributed by atoms with Gasteiger partial charge in [-0.15, -0.1) is 0 Å². The quantitative estimate of drug-likeness (QED) is 0.560. The minimum atomic E-state index is -4.61. The van der Waals surface area contributed by atoms with Gasteiger partial charge in [-0.25, -0.2) is 0 Å². The van der Waals surface area contributed by atoms with E-state index in [1.165, 1.54) is 6.07 Å². The molecular weight excluding hydrogens is 469 g/mol. The van der Waals surface area contributed by atoms with Gasteiger partial charge in [-0.2, -0.15) is 18.4 Å². The number of fused-ring (bicyclic) bond motifs is 2. The van der Waals surface area contributed by atoms with Crippen LogP contribution < -0.4 is 4.90 Å². The number of likely N-dealkylation sites (tertiary alicyclic amines) is 1. The minimum Gasteiger partial charge on any atom is -0.384 e. The maximum atomic E-state index is 13.6. The van der Waals surface area contributed by atoms with Gasteiger partial charge in [-0.05, 0) is 36.2 Å². The number of methoxy groups -OCH3 is 1. The van der Waals surface area contributed by atoms with Crippen molar-refractivity contribution in [2.45, 2.75) is 19.0 Å². The van der Waals surface area contributed by atoms with E-state index >= 15 is 0 Å². The number of nitrogens with one attached hydrogen (secondary N) is 1. The fraction of sp³-hybridized carbons (Fsp3) is 0.407. The summed E-state index contributed by atoms with van der Waals surface area (Å²) in [6.07, 6.45) is -1.72. The lowest BCUT2D eigenvalue weighted by atomic mass is 9.73. The number of carbonyl (C=O) groups is 1. The summed E-state index contributed by atoms with van der Waals surface area (Å²) < 4.78 is 46.2. The molecule has 2 saturated heterocycles. The molecule has 1 aromatic heterocycles. The van der Waals surface area contributed by atoms with Crippen molar-refractivity contribution in [3.8, 4) is 6.07 Å². The number of nitrogens with zero attached hydrogens (tertiary/aromatic N) is 3. The van der Waals surface area contributed by atoms with Crippen LogP contribution in [0.3, 0.4) is 0 Å². The first-order valence-corrected chi connectivity index (χ1v) is 11.9. The molecule has 1 N–H and O–H groups in total. The van der Waals surface area contributed by atoms with Gasteiger partial charge in [0.2, 0.25) is 5.91 Å². The predicted octanol–water partition coefficient (Wildman–Crippen LogP) is 4.60. The second kappa shape index (κ2) is 9.17. The Morgan fingerprint density at radius 2 is 2.06 bits per heavy atom. The molecule has 0 radical (unpaired) electrons. The zero-order valence-electron chi connectivity index (χ0n) is 19.9. The van der Waals surface area contributed by atoms with Crippen LogP contribution in [0.25, 0.3) is 10.9 Å². The van der Waals surface area contributed by atoms with Gasteiger partial charge in [0, 0.05) is 67.4 Å². The molecule has 2 aliphatic heterocycles. The minimum absolute atomic E-state index is 0.0435. The maximum Gasteiger partial charge on any atom is 0.417 e. The molecule has 0 saturated carbocycles. The number of amides is 1.